The number of hydrogen-bond donors (Lipinski definition) is 2. The van der Waals surface area contributed by atoms with Crippen molar-refractivity contribution in [3.63, 3.8) is 0 Å². The molecule has 0 aromatic heterocycles. The third kappa shape index (κ3) is 3.26. The van der Waals surface area contributed by atoms with E-state index in [1.807, 2.05) is 12.1 Å². The van der Waals surface area contributed by atoms with Crippen LogP contribution in [0.4, 0.5) is 3.89 Å². The van der Waals surface area contributed by atoms with Crippen LogP contribution in [-0.4, -0.2) is 12.5 Å². The zero-order chi connectivity index (χ0) is 10.4. The first-order chi connectivity index (χ1) is 6.74. The highest BCUT2D eigenvalue weighted by molar-refractivity contribution is 7.94. The van der Waals surface area contributed by atoms with Crippen LogP contribution in [0.1, 0.15) is 5.56 Å². The number of benzene rings is 1. The van der Waals surface area contributed by atoms with E-state index in [1.165, 1.54) is 0 Å². The number of aliphatic imine (C=N–C) groups is 1. The van der Waals surface area contributed by atoms with Crippen molar-refractivity contribution in [3.8, 4) is 0 Å². The Balaban J connectivity index is 2.62. The lowest BCUT2D eigenvalue weighted by Gasteiger charge is -2.02. The molecule has 0 atom stereocenters. The van der Waals surface area contributed by atoms with Crippen LogP contribution in [0.15, 0.2) is 34.2 Å². The first-order valence-corrected chi connectivity index (χ1v) is 4.87. The SMILES string of the molecule is NC(N)=NCCc1ccccc1SF. The van der Waals surface area contributed by atoms with Gasteiger partial charge in [0.1, 0.15) is 0 Å². The predicted octanol–water partition coefficient (Wildman–Crippen LogP) is 1.48. The summed E-state index contributed by atoms with van der Waals surface area (Å²) < 4.78 is 12.4. The lowest BCUT2D eigenvalue weighted by molar-refractivity contribution is 0.908. The van der Waals surface area contributed by atoms with E-state index in [1.54, 1.807) is 12.1 Å². The van der Waals surface area contributed by atoms with Crippen LogP contribution in [0.3, 0.4) is 0 Å². The zero-order valence-corrected chi connectivity index (χ0v) is 8.43. The van der Waals surface area contributed by atoms with E-state index in [-0.39, 0.29) is 18.1 Å². The highest BCUT2D eigenvalue weighted by atomic mass is 32.2. The molecule has 0 aliphatic heterocycles. The molecule has 0 bridgehead atoms. The molecule has 0 spiro atoms. The minimum absolute atomic E-state index is 0.0652. The van der Waals surface area contributed by atoms with Gasteiger partial charge in [0, 0.05) is 11.4 Å². The summed E-state index contributed by atoms with van der Waals surface area (Å²) in [6.45, 7) is 0.486. The second kappa shape index (κ2) is 5.49. The van der Waals surface area contributed by atoms with Crippen LogP contribution in [0.25, 0.3) is 0 Å². The minimum Gasteiger partial charge on any atom is -0.370 e. The van der Waals surface area contributed by atoms with Gasteiger partial charge in [0.2, 0.25) is 0 Å². The molecule has 0 radical (unpaired) electrons. The Bertz CT molecular complexity index is 324. The Labute approximate surface area is 86.7 Å². The molecule has 0 aliphatic rings. The first-order valence-electron chi connectivity index (χ1n) is 4.16. The van der Waals surface area contributed by atoms with Gasteiger partial charge >= 0.3 is 0 Å². The van der Waals surface area contributed by atoms with Gasteiger partial charge in [0.25, 0.3) is 0 Å². The molecule has 76 valence electrons. The molecule has 5 heteroatoms. The molecule has 4 N–H and O–H groups in total. The second-order valence-corrected chi connectivity index (χ2v) is 3.34. The van der Waals surface area contributed by atoms with Gasteiger partial charge < -0.3 is 11.5 Å². The molecular weight excluding hydrogens is 201 g/mol. The second-order valence-electron chi connectivity index (χ2n) is 2.74. The quantitative estimate of drug-likeness (QED) is 0.588. The molecule has 1 aromatic rings. The van der Waals surface area contributed by atoms with Gasteiger partial charge in [0.05, 0.1) is 12.1 Å². The summed E-state index contributed by atoms with van der Waals surface area (Å²) in [6.07, 6.45) is 0.644. The summed E-state index contributed by atoms with van der Waals surface area (Å²) in [7, 11) is 0. The van der Waals surface area contributed by atoms with Crippen molar-refractivity contribution >= 4 is 18.1 Å². The molecule has 0 aliphatic carbocycles. The lowest BCUT2D eigenvalue weighted by Crippen LogP contribution is -2.23. The molecule has 0 heterocycles. The van der Waals surface area contributed by atoms with Gasteiger partial charge in [0.15, 0.2) is 5.96 Å². The molecule has 0 fully saturated rings. The van der Waals surface area contributed by atoms with Crippen molar-refractivity contribution < 1.29 is 3.89 Å². The van der Waals surface area contributed by atoms with Crippen molar-refractivity contribution in [3.05, 3.63) is 29.8 Å². The van der Waals surface area contributed by atoms with Crippen molar-refractivity contribution in [1.82, 2.24) is 0 Å². The third-order valence-electron chi connectivity index (χ3n) is 1.73. The molecule has 14 heavy (non-hydrogen) atoms. The van der Waals surface area contributed by atoms with Crippen LogP contribution >= 0.6 is 12.1 Å². The van der Waals surface area contributed by atoms with E-state index in [9.17, 15) is 3.89 Å². The molecule has 0 unspecified atom stereocenters. The van der Waals surface area contributed by atoms with E-state index >= 15 is 0 Å². The third-order valence-corrected chi connectivity index (χ3v) is 2.30. The largest absolute Gasteiger partial charge is 0.370 e. The summed E-state index contributed by atoms with van der Waals surface area (Å²) in [6, 6.07) is 7.26. The van der Waals surface area contributed by atoms with Gasteiger partial charge in [-0.1, -0.05) is 18.2 Å². The number of halogens is 1. The predicted molar refractivity (Wildman–Crippen MR) is 57.8 cm³/mol. The van der Waals surface area contributed by atoms with E-state index in [2.05, 4.69) is 4.99 Å². The summed E-state index contributed by atoms with van der Waals surface area (Å²) in [5.41, 5.74) is 11.3. The van der Waals surface area contributed by atoms with E-state index in [0.717, 1.165) is 5.56 Å². The number of rotatable bonds is 4. The topological polar surface area (TPSA) is 64.4 Å². The van der Waals surface area contributed by atoms with Crippen molar-refractivity contribution in [1.29, 1.82) is 0 Å². The number of hydrogen-bond acceptors (Lipinski definition) is 2. The molecule has 0 saturated heterocycles. The van der Waals surface area contributed by atoms with Crippen molar-refractivity contribution in [2.75, 3.05) is 6.54 Å². The van der Waals surface area contributed by atoms with Gasteiger partial charge in [-0.05, 0) is 18.1 Å². The maximum atomic E-state index is 12.4. The molecule has 3 nitrogen and oxygen atoms in total. The minimum atomic E-state index is 0.0652. The highest BCUT2D eigenvalue weighted by Crippen LogP contribution is 2.23. The van der Waals surface area contributed by atoms with Crippen LogP contribution in [0, 0.1) is 0 Å². The summed E-state index contributed by atoms with van der Waals surface area (Å²) in [5.74, 6) is 0.0652. The number of guanidine groups is 1. The van der Waals surface area contributed by atoms with E-state index in [0.29, 0.717) is 17.9 Å². The molecule has 0 amide bonds. The zero-order valence-electron chi connectivity index (χ0n) is 7.61. The van der Waals surface area contributed by atoms with Crippen LogP contribution in [0.2, 0.25) is 0 Å². The standard InChI is InChI=1S/C9H12FN3S/c10-14-8-4-2-1-3-7(8)5-6-13-9(11)12/h1-4H,5-6H2,(H4,11,12,13). The maximum absolute atomic E-state index is 12.4. The summed E-state index contributed by atoms with van der Waals surface area (Å²) in [4.78, 5) is 4.46. The average Bonchev–Trinajstić information content (AvgIpc) is 2.18. The van der Waals surface area contributed by atoms with Crippen LogP contribution in [0.5, 0.6) is 0 Å². The maximum Gasteiger partial charge on any atom is 0.185 e. The van der Waals surface area contributed by atoms with Gasteiger partial charge in [-0.25, -0.2) is 0 Å². The molecule has 0 saturated carbocycles. The van der Waals surface area contributed by atoms with Gasteiger partial charge in [-0.15, -0.1) is 0 Å². The van der Waals surface area contributed by atoms with Gasteiger partial charge in [-0.2, -0.15) is 3.89 Å². The number of nitrogens with two attached hydrogens (primary N) is 2. The Hall–Kier alpha value is -1.23. The first kappa shape index (κ1) is 10.8. The van der Waals surface area contributed by atoms with Crippen LogP contribution in [-0.2, 0) is 6.42 Å². The lowest BCUT2D eigenvalue weighted by atomic mass is 10.1. The smallest absolute Gasteiger partial charge is 0.185 e. The van der Waals surface area contributed by atoms with Crippen molar-refractivity contribution in [2.45, 2.75) is 11.3 Å². The fourth-order valence-electron chi connectivity index (χ4n) is 1.09. The van der Waals surface area contributed by atoms with Crippen molar-refractivity contribution in [2.24, 2.45) is 16.5 Å². The Morgan fingerprint density at radius 1 is 1.36 bits per heavy atom. The van der Waals surface area contributed by atoms with E-state index in [4.69, 9.17) is 11.5 Å². The Morgan fingerprint density at radius 2 is 2.07 bits per heavy atom. The molecule has 1 aromatic carbocycles. The number of nitrogens with zero attached hydrogens (tertiary/aromatic N) is 1. The summed E-state index contributed by atoms with van der Waals surface area (Å²) in [5, 5.41) is 0. The van der Waals surface area contributed by atoms with Crippen LogP contribution < -0.4 is 11.5 Å². The summed E-state index contributed by atoms with van der Waals surface area (Å²) >= 11 is 0.243. The van der Waals surface area contributed by atoms with E-state index < -0.39 is 0 Å². The normalized spacial score (nSPS) is 9.79. The van der Waals surface area contributed by atoms with Gasteiger partial charge in [-0.3, -0.25) is 4.99 Å². The highest BCUT2D eigenvalue weighted by Gasteiger charge is 2.01. The fraction of sp³-hybridized carbons (Fsp3) is 0.222. The Kier molecular flexibility index (Phi) is 4.25. The monoisotopic (exact) mass is 213 g/mol. The average molecular weight is 213 g/mol. The molecular formula is C9H12FN3S. The molecule has 1 rings (SSSR count). The fourth-order valence-corrected chi connectivity index (χ4v) is 1.49. The Morgan fingerprint density at radius 3 is 2.71 bits per heavy atom.